The van der Waals surface area contributed by atoms with Crippen molar-refractivity contribution in [1.82, 2.24) is 4.98 Å². The van der Waals surface area contributed by atoms with Crippen molar-refractivity contribution in [1.29, 1.82) is 0 Å². The maximum Gasteiger partial charge on any atom is 0.267 e. The normalized spacial score (nSPS) is 11.7. The van der Waals surface area contributed by atoms with Crippen LogP contribution in [0.2, 0.25) is 0 Å². The molecule has 1 atom stereocenters. The van der Waals surface area contributed by atoms with E-state index in [9.17, 15) is 4.79 Å². The maximum absolute atomic E-state index is 11.5. The van der Waals surface area contributed by atoms with E-state index in [0.29, 0.717) is 0 Å². The lowest BCUT2D eigenvalue weighted by atomic mass is 9.85. The van der Waals surface area contributed by atoms with Crippen molar-refractivity contribution >= 4 is 5.91 Å². The molecule has 1 amide bonds. The highest BCUT2D eigenvalue weighted by molar-refractivity contribution is 5.90. The van der Waals surface area contributed by atoms with Gasteiger partial charge in [-0.05, 0) is 41.0 Å². The molecular formula is C20H18N2O2. The van der Waals surface area contributed by atoms with Gasteiger partial charge >= 0.3 is 0 Å². The first kappa shape index (κ1) is 15.7. The predicted molar refractivity (Wildman–Crippen MR) is 93.1 cm³/mol. The maximum atomic E-state index is 11.5. The number of methoxy groups -OCH3 is 1. The first-order valence-electron chi connectivity index (χ1n) is 7.63. The Labute approximate surface area is 140 Å². The van der Waals surface area contributed by atoms with Crippen LogP contribution in [-0.2, 0) is 0 Å². The molecule has 1 aromatic heterocycles. The second kappa shape index (κ2) is 6.96. The predicted octanol–water partition coefficient (Wildman–Crippen LogP) is 3.37. The number of aromatic nitrogens is 1. The zero-order chi connectivity index (χ0) is 16.9. The molecule has 0 saturated heterocycles. The number of pyridine rings is 1. The summed E-state index contributed by atoms with van der Waals surface area (Å²) in [6.07, 6.45) is 1.62. The van der Waals surface area contributed by atoms with Crippen LogP contribution in [0, 0.1) is 0 Å². The van der Waals surface area contributed by atoms with Gasteiger partial charge in [0.15, 0.2) is 0 Å². The van der Waals surface area contributed by atoms with Gasteiger partial charge in [0.25, 0.3) is 5.91 Å². The lowest BCUT2D eigenvalue weighted by Crippen LogP contribution is -2.14. The summed E-state index contributed by atoms with van der Waals surface area (Å²) >= 11 is 0. The van der Waals surface area contributed by atoms with Crippen molar-refractivity contribution < 1.29 is 9.53 Å². The zero-order valence-electron chi connectivity index (χ0n) is 13.3. The largest absolute Gasteiger partial charge is 0.497 e. The minimum absolute atomic E-state index is 0.0394. The summed E-state index contributed by atoms with van der Waals surface area (Å²) in [6.45, 7) is 0. The Balaban J connectivity index is 2.15. The van der Waals surface area contributed by atoms with E-state index >= 15 is 0 Å². The van der Waals surface area contributed by atoms with Gasteiger partial charge in [0, 0.05) is 12.1 Å². The molecule has 1 unspecified atom stereocenters. The van der Waals surface area contributed by atoms with E-state index in [2.05, 4.69) is 17.1 Å². The average Bonchev–Trinajstić information content (AvgIpc) is 2.63. The van der Waals surface area contributed by atoms with Crippen molar-refractivity contribution in [2.24, 2.45) is 5.73 Å². The minimum atomic E-state index is -0.533. The minimum Gasteiger partial charge on any atom is -0.497 e. The zero-order valence-corrected chi connectivity index (χ0v) is 13.3. The molecule has 0 radical (unpaired) electrons. The Bertz CT molecular complexity index is 847. The number of hydrogen-bond donors (Lipinski definition) is 1. The molecule has 2 aromatic carbocycles. The highest BCUT2D eigenvalue weighted by Gasteiger charge is 2.18. The Morgan fingerprint density at radius 1 is 0.958 bits per heavy atom. The van der Waals surface area contributed by atoms with Gasteiger partial charge in [0.05, 0.1) is 7.11 Å². The number of amides is 1. The van der Waals surface area contributed by atoms with Gasteiger partial charge in [-0.3, -0.25) is 9.78 Å². The van der Waals surface area contributed by atoms with E-state index in [1.165, 1.54) is 0 Å². The first-order chi connectivity index (χ1) is 11.7. The fraction of sp³-hybridized carbons (Fsp3) is 0.100. The van der Waals surface area contributed by atoms with Crippen molar-refractivity contribution in [3.63, 3.8) is 0 Å². The van der Waals surface area contributed by atoms with E-state index in [1.807, 2.05) is 48.5 Å². The molecule has 2 N–H and O–H groups in total. The standard InChI is InChI=1S/C20H18N2O2/c1-24-17-9-5-8-15(12-17)19(14-6-3-2-4-7-14)16-10-11-22-18(13-16)20(21)23/h2-13,19H,1H3,(H2,21,23). The lowest BCUT2D eigenvalue weighted by Gasteiger charge is -2.19. The van der Waals surface area contributed by atoms with Crippen molar-refractivity contribution in [3.8, 4) is 5.75 Å². The van der Waals surface area contributed by atoms with E-state index < -0.39 is 5.91 Å². The smallest absolute Gasteiger partial charge is 0.267 e. The Hall–Kier alpha value is -3.14. The Morgan fingerprint density at radius 2 is 1.67 bits per heavy atom. The number of hydrogen-bond acceptors (Lipinski definition) is 3. The van der Waals surface area contributed by atoms with Crippen LogP contribution in [0.15, 0.2) is 72.9 Å². The number of nitrogens with two attached hydrogens (primary N) is 1. The molecule has 0 spiro atoms. The summed E-state index contributed by atoms with van der Waals surface area (Å²) in [6, 6.07) is 21.7. The van der Waals surface area contributed by atoms with E-state index in [0.717, 1.165) is 22.4 Å². The van der Waals surface area contributed by atoms with Crippen molar-refractivity contribution in [3.05, 3.63) is 95.3 Å². The summed E-state index contributed by atoms with van der Waals surface area (Å²) < 4.78 is 5.35. The van der Waals surface area contributed by atoms with Crippen LogP contribution in [0.1, 0.15) is 33.1 Å². The fourth-order valence-electron chi connectivity index (χ4n) is 2.81. The molecule has 0 bridgehead atoms. The second-order valence-corrected chi connectivity index (χ2v) is 5.46. The number of ether oxygens (including phenoxy) is 1. The molecule has 0 saturated carbocycles. The van der Waals surface area contributed by atoms with Crippen LogP contribution >= 0.6 is 0 Å². The molecule has 4 heteroatoms. The third kappa shape index (κ3) is 3.27. The molecule has 0 aliphatic rings. The monoisotopic (exact) mass is 318 g/mol. The summed E-state index contributed by atoms with van der Waals surface area (Å²) in [5.74, 6) is 0.217. The molecule has 0 aliphatic heterocycles. The molecule has 4 nitrogen and oxygen atoms in total. The third-order valence-corrected chi connectivity index (χ3v) is 3.93. The van der Waals surface area contributed by atoms with E-state index in [-0.39, 0.29) is 11.6 Å². The van der Waals surface area contributed by atoms with Gasteiger partial charge < -0.3 is 10.5 Å². The highest BCUT2D eigenvalue weighted by atomic mass is 16.5. The SMILES string of the molecule is COc1cccc(C(c2ccccc2)c2ccnc(C(N)=O)c2)c1. The highest BCUT2D eigenvalue weighted by Crippen LogP contribution is 2.33. The van der Waals surface area contributed by atoms with Gasteiger partial charge in [-0.2, -0.15) is 0 Å². The van der Waals surface area contributed by atoms with Gasteiger partial charge in [-0.15, -0.1) is 0 Å². The number of carbonyl (C=O) groups is 1. The summed E-state index contributed by atoms with van der Waals surface area (Å²) in [4.78, 5) is 15.5. The van der Waals surface area contributed by atoms with Gasteiger partial charge in [-0.1, -0.05) is 42.5 Å². The Kier molecular flexibility index (Phi) is 4.57. The quantitative estimate of drug-likeness (QED) is 0.784. The van der Waals surface area contributed by atoms with Gasteiger partial charge in [-0.25, -0.2) is 0 Å². The van der Waals surface area contributed by atoms with Crippen LogP contribution in [0.4, 0.5) is 0 Å². The number of benzene rings is 2. The van der Waals surface area contributed by atoms with Gasteiger partial charge in [0.2, 0.25) is 0 Å². The molecular weight excluding hydrogens is 300 g/mol. The number of primary amides is 1. The van der Waals surface area contributed by atoms with E-state index in [4.69, 9.17) is 10.5 Å². The average molecular weight is 318 g/mol. The summed E-state index contributed by atoms with van der Waals surface area (Å²) in [7, 11) is 1.65. The van der Waals surface area contributed by atoms with E-state index in [1.54, 1.807) is 19.4 Å². The van der Waals surface area contributed by atoms with Crippen molar-refractivity contribution in [2.75, 3.05) is 7.11 Å². The molecule has 120 valence electrons. The lowest BCUT2D eigenvalue weighted by molar-refractivity contribution is 0.0995. The third-order valence-electron chi connectivity index (χ3n) is 3.93. The van der Waals surface area contributed by atoms with Crippen LogP contribution in [0.3, 0.4) is 0 Å². The topological polar surface area (TPSA) is 65.2 Å². The van der Waals surface area contributed by atoms with Gasteiger partial charge in [0.1, 0.15) is 11.4 Å². The van der Waals surface area contributed by atoms with Crippen LogP contribution < -0.4 is 10.5 Å². The molecule has 0 fully saturated rings. The first-order valence-corrected chi connectivity index (χ1v) is 7.63. The van der Waals surface area contributed by atoms with Crippen LogP contribution in [0.25, 0.3) is 0 Å². The molecule has 0 aliphatic carbocycles. The summed E-state index contributed by atoms with van der Waals surface area (Å²) in [5, 5.41) is 0. The van der Waals surface area contributed by atoms with Crippen LogP contribution in [-0.4, -0.2) is 18.0 Å². The second-order valence-electron chi connectivity index (χ2n) is 5.46. The molecule has 1 heterocycles. The Morgan fingerprint density at radius 3 is 2.38 bits per heavy atom. The number of nitrogens with zero attached hydrogens (tertiary/aromatic N) is 1. The summed E-state index contributed by atoms with van der Waals surface area (Å²) in [5.41, 5.74) is 8.79. The molecule has 3 rings (SSSR count). The number of carbonyl (C=O) groups excluding carboxylic acids is 1. The number of rotatable bonds is 5. The fourth-order valence-corrected chi connectivity index (χ4v) is 2.81. The van der Waals surface area contributed by atoms with Crippen LogP contribution in [0.5, 0.6) is 5.75 Å². The molecule has 24 heavy (non-hydrogen) atoms. The molecule has 3 aromatic rings. The van der Waals surface area contributed by atoms with Crippen molar-refractivity contribution in [2.45, 2.75) is 5.92 Å².